The maximum atomic E-state index is 9.17. The van der Waals surface area contributed by atoms with Gasteiger partial charge in [-0.1, -0.05) is 29.8 Å². The van der Waals surface area contributed by atoms with Crippen molar-refractivity contribution in [3.05, 3.63) is 57.2 Å². The van der Waals surface area contributed by atoms with Crippen LogP contribution in [-0.4, -0.2) is 0 Å². The molecule has 0 saturated heterocycles. The lowest BCUT2D eigenvalue weighted by molar-refractivity contribution is 0.862. The Morgan fingerprint density at radius 3 is 2.56 bits per heavy atom. The van der Waals surface area contributed by atoms with Gasteiger partial charge < -0.3 is 0 Å². The highest BCUT2D eigenvalue weighted by atomic mass is 35.5. The lowest BCUT2D eigenvalue weighted by Gasteiger charge is -2.07. The lowest BCUT2D eigenvalue weighted by atomic mass is 9.97. The largest absolute Gasteiger partial charge is 0.198 e. The molecule has 0 aliphatic carbocycles. The van der Waals surface area contributed by atoms with Crippen molar-refractivity contribution < 1.29 is 0 Å². The van der Waals surface area contributed by atoms with Gasteiger partial charge in [0, 0.05) is 16.3 Å². The van der Waals surface area contributed by atoms with Gasteiger partial charge in [0.15, 0.2) is 0 Å². The number of thiophene rings is 1. The van der Waals surface area contributed by atoms with Crippen molar-refractivity contribution in [2.75, 3.05) is 0 Å². The minimum atomic E-state index is -0.0871. The smallest absolute Gasteiger partial charge is 0.0760 e. The molecule has 0 saturated carbocycles. The number of nitriles is 1. The first-order valence-electron chi connectivity index (χ1n) is 4.97. The quantitative estimate of drug-likeness (QED) is 0.795. The van der Waals surface area contributed by atoms with Crippen molar-refractivity contribution in [3.63, 3.8) is 0 Å². The summed E-state index contributed by atoms with van der Waals surface area (Å²) in [7, 11) is 0. The van der Waals surface area contributed by atoms with Crippen LogP contribution in [0.15, 0.2) is 41.8 Å². The molecule has 1 aromatic carbocycles. The summed E-state index contributed by atoms with van der Waals surface area (Å²) in [5.41, 5.74) is 1.03. The molecule has 0 aliphatic rings. The molecule has 80 valence electrons. The molecule has 2 aromatic rings. The van der Waals surface area contributed by atoms with E-state index in [4.69, 9.17) is 16.9 Å². The summed E-state index contributed by atoms with van der Waals surface area (Å²) in [4.78, 5) is 1.24. The predicted octanol–water partition coefficient (Wildman–Crippen LogP) is 4.25. The number of hydrogen-bond acceptors (Lipinski definition) is 2. The third-order valence-electron chi connectivity index (χ3n) is 2.41. The zero-order valence-corrected chi connectivity index (χ0v) is 10.1. The molecule has 2 rings (SSSR count). The third-order valence-corrected chi connectivity index (χ3v) is 3.56. The summed E-state index contributed by atoms with van der Waals surface area (Å²) in [6, 6.07) is 13.9. The van der Waals surface area contributed by atoms with Crippen LogP contribution in [0, 0.1) is 11.3 Å². The maximum Gasteiger partial charge on any atom is 0.0760 e. The van der Waals surface area contributed by atoms with Crippen LogP contribution in [0.4, 0.5) is 0 Å². The van der Waals surface area contributed by atoms with E-state index in [1.165, 1.54) is 4.88 Å². The van der Waals surface area contributed by atoms with Gasteiger partial charge in [0.2, 0.25) is 0 Å². The average molecular weight is 248 g/mol. The molecule has 3 heteroatoms. The summed E-state index contributed by atoms with van der Waals surface area (Å²) in [5.74, 6) is -0.0871. The van der Waals surface area contributed by atoms with Gasteiger partial charge in [-0.2, -0.15) is 5.26 Å². The topological polar surface area (TPSA) is 23.8 Å². The third kappa shape index (κ3) is 2.63. The molecule has 0 bridgehead atoms. The van der Waals surface area contributed by atoms with E-state index in [1.807, 2.05) is 35.7 Å². The normalized spacial score (nSPS) is 12.0. The fraction of sp³-hybridized carbons (Fsp3) is 0.154. The number of hydrogen-bond donors (Lipinski definition) is 0. The van der Waals surface area contributed by atoms with E-state index in [0.717, 1.165) is 12.0 Å². The number of rotatable bonds is 3. The van der Waals surface area contributed by atoms with Crippen LogP contribution in [0.3, 0.4) is 0 Å². The molecule has 16 heavy (non-hydrogen) atoms. The average Bonchev–Trinajstić information content (AvgIpc) is 2.80. The first-order chi connectivity index (χ1) is 7.79. The van der Waals surface area contributed by atoms with Gasteiger partial charge in [0.05, 0.1) is 12.0 Å². The number of benzene rings is 1. The van der Waals surface area contributed by atoms with E-state index in [1.54, 1.807) is 11.3 Å². The molecule has 0 amide bonds. The van der Waals surface area contributed by atoms with E-state index in [2.05, 4.69) is 12.1 Å². The van der Waals surface area contributed by atoms with Gasteiger partial charge in [-0.3, -0.25) is 0 Å². The molecule has 1 heterocycles. The Kier molecular flexibility index (Phi) is 3.61. The second-order valence-electron chi connectivity index (χ2n) is 3.52. The first-order valence-corrected chi connectivity index (χ1v) is 6.23. The van der Waals surface area contributed by atoms with E-state index in [9.17, 15) is 0 Å². The monoisotopic (exact) mass is 247 g/mol. The van der Waals surface area contributed by atoms with Crippen LogP contribution in [0.2, 0.25) is 5.02 Å². The van der Waals surface area contributed by atoms with Gasteiger partial charge in [0.1, 0.15) is 0 Å². The highest BCUT2D eigenvalue weighted by Crippen LogP contribution is 2.23. The molecule has 0 radical (unpaired) electrons. The lowest BCUT2D eigenvalue weighted by Crippen LogP contribution is -1.98. The van der Waals surface area contributed by atoms with Crippen molar-refractivity contribution >= 4 is 22.9 Å². The maximum absolute atomic E-state index is 9.17. The van der Waals surface area contributed by atoms with Crippen molar-refractivity contribution in [1.29, 1.82) is 5.26 Å². The second kappa shape index (κ2) is 5.16. The summed E-state index contributed by atoms with van der Waals surface area (Å²) in [6.45, 7) is 0. The Balaban J connectivity index is 2.17. The Morgan fingerprint density at radius 1 is 1.25 bits per heavy atom. The van der Waals surface area contributed by atoms with Crippen molar-refractivity contribution in [2.45, 2.75) is 12.3 Å². The standard InChI is InChI=1S/C13H10ClNS/c14-12-5-3-10(4-6-12)11(9-15)8-13-2-1-7-16-13/h1-7,11H,8H2/t11-/m0/s1. The molecule has 0 N–H and O–H groups in total. The summed E-state index contributed by atoms with van der Waals surface area (Å²) >= 11 is 7.51. The molecule has 1 nitrogen and oxygen atoms in total. The second-order valence-corrected chi connectivity index (χ2v) is 4.99. The summed E-state index contributed by atoms with van der Waals surface area (Å²) < 4.78 is 0. The van der Waals surface area contributed by atoms with Crippen molar-refractivity contribution in [1.82, 2.24) is 0 Å². The van der Waals surface area contributed by atoms with E-state index < -0.39 is 0 Å². The molecular formula is C13H10ClNS. The van der Waals surface area contributed by atoms with Crippen molar-refractivity contribution in [3.8, 4) is 6.07 Å². The molecular weight excluding hydrogens is 238 g/mol. The van der Waals surface area contributed by atoms with E-state index in [0.29, 0.717) is 5.02 Å². The molecule has 1 aromatic heterocycles. The van der Waals surface area contributed by atoms with Gasteiger partial charge in [0.25, 0.3) is 0 Å². The van der Waals surface area contributed by atoms with Crippen LogP contribution in [0.5, 0.6) is 0 Å². The molecule has 0 fully saturated rings. The van der Waals surface area contributed by atoms with Gasteiger partial charge >= 0.3 is 0 Å². The van der Waals surface area contributed by atoms with E-state index in [-0.39, 0.29) is 5.92 Å². The predicted molar refractivity (Wildman–Crippen MR) is 67.8 cm³/mol. The molecule has 1 atom stereocenters. The fourth-order valence-electron chi connectivity index (χ4n) is 1.56. The van der Waals surface area contributed by atoms with Crippen LogP contribution in [-0.2, 0) is 6.42 Å². The van der Waals surface area contributed by atoms with Gasteiger partial charge in [-0.05, 0) is 29.1 Å². The zero-order chi connectivity index (χ0) is 11.4. The number of nitrogens with zero attached hydrogens (tertiary/aromatic N) is 1. The van der Waals surface area contributed by atoms with Crippen LogP contribution in [0.1, 0.15) is 16.4 Å². The van der Waals surface area contributed by atoms with Crippen LogP contribution in [0.25, 0.3) is 0 Å². The molecule has 0 spiro atoms. The highest BCUT2D eigenvalue weighted by Gasteiger charge is 2.11. The Labute approximate surface area is 104 Å². The van der Waals surface area contributed by atoms with Gasteiger partial charge in [-0.25, -0.2) is 0 Å². The minimum absolute atomic E-state index is 0.0871. The van der Waals surface area contributed by atoms with Gasteiger partial charge in [-0.15, -0.1) is 11.3 Å². The highest BCUT2D eigenvalue weighted by molar-refractivity contribution is 7.09. The summed E-state index contributed by atoms with van der Waals surface area (Å²) in [5, 5.41) is 11.9. The Bertz CT molecular complexity index is 482. The van der Waals surface area contributed by atoms with Crippen LogP contribution < -0.4 is 0 Å². The fourth-order valence-corrected chi connectivity index (χ4v) is 2.44. The Morgan fingerprint density at radius 2 is 2.00 bits per heavy atom. The first kappa shape index (κ1) is 11.2. The minimum Gasteiger partial charge on any atom is -0.198 e. The SMILES string of the molecule is N#C[C@H](Cc1cccs1)c1ccc(Cl)cc1. The molecule has 0 unspecified atom stereocenters. The Hall–Kier alpha value is -1.30. The zero-order valence-electron chi connectivity index (χ0n) is 8.56. The van der Waals surface area contributed by atoms with Crippen molar-refractivity contribution in [2.24, 2.45) is 0 Å². The molecule has 0 aliphatic heterocycles. The summed E-state index contributed by atoms with van der Waals surface area (Å²) in [6.07, 6.45) is 0.774. The van der Waals surface area contributed by atoms with E-state index >= 15 is 0 Å². The number of halogens is 1. The van der Waals surface area contributed by atoms with Crippen LogP contribution >= 0.6 is 22.9 Å².